The van der Waals surface area contributed by atoms with Crippen LogP contribution in [0.15, 0.2) is 18.2 Å². The van der Waals surface area contributed by atoms with Crippen LogP contribution in [0.4, 0.5) is 0 Å². The number of halogens is 1. The number of benzene rings is 1. The molecule has 1 aromatic carbocycles. The second-order valence-corrected chi connectivity index (χ2v) is 3.45. The number of nitrogens with one attached hydrogen (secondary N) is 1. The van der Waals surface area contributed by atoms with E-state index < -0.39 is 5.97 Å². The summed E-state index contributed by atoms with van der Waals surface area (Å²) in [4.78, 5) is 24.1. The van der Waals surface area contributed by atoms with E-state index in [1.807, 2.05) is 0 Å². The first-order chi connectivity index (χ1) is 7.13. The van der Waals surface area contributed by atoms with Crippen LogP contribution >= 0.6 is 11.6 Å². The minimum atomic E-state index is -1.41. The van der Waals surface area contributed by atoms with Crippen molar-refractivity contribution in [3.63, 3.8) is 0 Å². The summed E-state index contributed by atoms with van der Waals surface area (Å²) in [6.45, 7) is 0. The molecule has 0 aliphatic carbocycles. The number of carbonyl (C=O) groups is 2. The highest BCUT2D eigenvalue weighted by Crippen LogP contribution is 2.24. The number of fused-ring (bicyclic) bond motifs is 1. The van der Waals surface area contributed by atoms with Gasteiger partial charge in [0.25, 0.3) is 0 Å². The SMILES string of the molecule is O=Cc1c(C(=O)[O-])[nH]c2ccc(Cl)cc12. The number of aldehydes is 1. The molecule has 0 bridgehead atoms. The smallest absolute Gasteiger partial charge is 0.152 e. The lowest BCUT2D eigenvalue weighted by atomic mass is 10.1. The maximum absolute atomic E-state index is 10.8. The molecule has 2 aromatic rings. The van der Waals surface area contributed by atoms with Crippen LogP contribution in [0.1, 0.15) is 20.8 Å². The number of aromatic carboxylic acids is 1. The van der Waals surface area contributed by atoms with Crippen LogP contribution in [0.25, 0.3) is 10.9 Å². The molecule has 0 amide bonds. The van der Waals surface area contributed by atoms with Gasteiger partial charge in [0.2, 0.25) is 0 Å². The number of aromatic amines is 1. The Bertz CT molecular complexity index is 559. The van der Waals surface area contributed by atoms with Gasteiger partial charge in [0.15, 0.2) is 6.29 Å². The van der Waals surface area contributed by atoms with Gasteiger partial charge in [0.1, 0.15) is 0 Å². The van der Waals surface area contributed by atoms with Crippen molar-refractivity contribution in [2.24, 2.45) is 0 Å². The molecule has 0 aliphatic rings. The van der Waals surface area contributed by atoms with Gasteiger partial charge < -0.3 is 14.9 Å². The van der Waals surface area contributed by atoms with Crippen molar-refractivity contribution >= 4 is 34.8 Å². The zero-order chi connectivity index (χ0) is 11.0. The largest absolute Gasteiger partial charge is 0.543 e. The predicted molar refractivity (Wildman–Crippen MR) is 53.0 cm³/mol. The second-order valence-electron chi connectivity index (χ2n) is 3.01. The third kappa shape index (κ3) is 1.49. The van der Waals surface area contributed by atoms with E-state index in [-0.39, 0.29) is 11.3 Å². The van der Waals surface area contributed by atoms with Crippen molar-refractivity contribution in [1.82, 2.24) is 4.98 Å². The summed E-state index contributed by atoms with van der Waals surface area (Å²) < 4.78 is 0. The molecule has 1 heterocycles. The van der Waals surface area contributed by atoms with E-state index in [9.17, 15) is 14.7 Å². The predicted octanol–water partition coefficient (Wildman–Crippen LogP) is 0.997. The normalized spacial score (nSPS) is 10.5. The molecule has 4 nitrogen and oxygen atoms in total. The zero-order valence-corrected chi connectivity index (χ0v) is 8.17. The number of hydrogen-bond acceptors (Lipinski definition) is 3. The molecule has 0 fully saturated rings. The molecular formula is C10H5ClNO3-. The molecule has 0 saturated heterocycles. The highest BCUT2D eigenvalue weighted by molar-refractivity contribution is 6.31. The first kappa shape index (κ1) is 9.73. The number of rotatable bonds is 2. The van der Waals surface area contributed by atoms with Crippen LogP contribution in [0.3, 0.4) is 0 Å². The summed E-state index contributed by atoms with van der Waals surface area (Å²) in [5.74, 6) is -1.41. The van der Waals surface area contributed by atoms with Crippen LogP contribution in [0.2, 0.25) is 5.02 Å². The average Bonchev–Trinajstić information content (AvgIpc) is 2.55. The summed E-state index contributed by atoms with van der Waals surface area (Å²) >= 11 is 5.74. The molecule has 15 heavy (non-hydrogen) atoms. The molecule has 76 valence electrons. The second kappa shape index (κ2) is 3.40. The van der Waals surface area contributed by atoms with Crippen molar-refractivity contribution in [2.75, 3.05) is 0 Å². The van der Waals surface area contributed by atoms with Crippen LogP contribution in [0.5, 0.6) is 0 Å². The van der Waals surface area contributed by atoms with E-state index >= 15 is 0 Å². The van der Waals surface area contributed by atoms with Gasteiger partial charge in [-0.3, -0.25) is 4.79 Å². The Morgan fingerprint density at radius 3 is 2.80 bits per heavy atom. The Labute approximate surface area is 89.5 Å². The van der Waals surface area contributed by atoms with Crippen LogP contribution in [-0.2, 0) is 0 Å². The van der Waals surface area contributed by atoms with Crippen molar-refractivity contribution in [1.29, 1.82) is 0 Å². The third-order valence-electron chi connectivity index (χ3n) is 2.12. The summed E-state index contributed by atoms with van der Waals surface area (Å²) in [6.07, 6.45) is 0.473. The van der Waals surface area contributed by atoms with Crippen molar-refractivity contribution in [3.8, 4) is 0 Å². The number of hydrogen-bond donors (Lipinski definition) is 1. The van der Waals surface area contributed by atoms with E-state index in [0.717, 1.165) is 0 Å². The lowest BCUT2D eigenvalue weighted by molar-refractivity contribution is -0.255. The quantitative estimate of drug-likeness (QED) is 0.771. The van der Waals surface area contributed by atoms with Crippen molar-refractivity contribution in [3.05, 3.63) is 34.5 Å². The maximum Gasteiger partial charge on any atom is 0.152 e. The molecule has 2 rings (SSSR count). The Kier molecular flexibility index (Phi) is 2.21. The molecule has 1 N–H and O–H groups in total. The number of carboxylic acid groups (broad SMARTS) is 1. The molecule has 0 aliphatic heterocycles. The molecule has 1 aromatic heterocycles. The number of H-pyrrole nitrogens is 1. The molecule has 0 atom stereocenters. The third-order valence-corrected chi connectivity index (χ3v) is 2.36. The first-order valence-corrected chi connectivity index (χ1v) is 4.49. The Morgan fingerprint density at radius 2 is 2.20 bits per heavy atom. The minimum Gasteiger partial charge on any atom is -0.543 e. The Balaban J connectivity index is 2.85. The van der Waals surface area contributed by atoms with E-state index in [0.29, 0.717) is 22.2 Å². The van der Waals surface area contributed by atoms with Gasteiger partial charge in [0, 0.05) is 21.5 Å². The summed E-state index contributed by atoms with van der Waals surface area (Å²) in [7, 11) is 0. The van der Waals surface area contributed by atoms with Crippen LogP contribution < -0.4 is 5.11 Å². The van der Waals surface area contributed by atoms with Crippen molar-refractivity contribution < 1.29 is 14.7 Å². The molecule has 0 saturated carbocycles. The lowest BCUT2D eigenvalue weighted by Gasteiger charge is -1.97. The van der Waals surface area contributed by atoms with Gasteiger partial charge in [-0.15, -0.1) is 0 Å². The van der Waals surface area contributed by atoms with Gasteiger partial charge in [0.05, 0.1) is 11.7 Å². The summed E-state index contributed by atoms with van der Waals surface area (Å²) in [5, 5.41) is 11.6. The highest BCUT2D eigenvalue weighted by atomic mass is 35.5. The van der Waals surface area contributed by atoms with E-state index in [1.54, 1.807) is 12.1 Å². The fraction of sp³-hybridized carbons (Fsp3) is 0. The fourth-order valence-corrected chi connectivity index (χ4v) is 1.64. The topological polar surface area (TPSA) is 73.0 Å². The van der Waals surface area contributed by atoms with Crippen molar-refractivity contribution in [2.45, 2.75) is 0 Å². The van der Waals surface area contributed by atoms with Crippen LogP contribution in [-0.4, -0.2) is 17.2 Å². The number of carboxylic acids is 1. The van der Waals surface area contributed by atoms with Gasteiger partial charge >= 0.3 is 0 Å². The Morgan fingerprint density at radius 1 is 1.47 bits per heavy atom. The number of carbonyl (C=O) groups excluding carboxylic acids is 2. The molecular weight excluding hydrogens is 218 g/mol. The number of aromatic nitrogens is 1. The summed E-state index contributed by atoms with van der Waals surface area (Å²) in [5.41, 5.74) is 0.385. The van der Waals surface area contributed by atoms with Gasteiger partial charge in [-0.05, 0) is 18.2 Å². The molecule has 0 unspecified atom stereocenters. The average molecular weight is 223 g/mol. The first-order valence-electron chi connectivity index (χ1n) is 4.11. The van der Waals surface area contributed by atoms with Crippen LogP contribution in [0, 0.1) is 0 Å². The summed E-state index contributed by atoms with van der Waals surface area (Å²) in [6, 6.07) is 4.74. The van der Waals surface area contributed by atoms with E-state index in [4.69, 9.17) is 11.6 Å². The van der Waals surface area contributed by atoms with Gasteiger partial charge in [-0.25, -0.2) is 0 Å². The maximum atomic E-state index is 10.8. The monoisotopic (exact) mass is 222 g/mol. The molecule has 0 spiro atoms. The van der Waals surface area contributed by atoms with E-state index in [2.05, 4.69) is 4.98 Å². The van der Waals surface area contributed by atoms with Gasteiger partial charge in [-0.2, -0.15) is 0 Å². The Hall–Kier alpha value is -1.81. The standard InChI is InChI=1S/C10H6ClNO3/c11-5-1-2-8-6(3-5)7(4-13)9(12-8)10(14)15/h1-4,12H,(H,14,15)/p-1. The zero-order valence-electron chi connectivity index (χ0n) is 7.41. The fourth-order valence-electron chi connectivity index (χ4n) is 1.47. The lowest BCUT2D eigenvalue weighted by Crippen LogP contribution is -2.23. The minimum absolute atomic E-state index is 0.0625. The highest BCUT2D eigenvalue weighted by Gasteiger charge is 2.11. The van der Waals surface area contributed by atoms with E-state index in [1.165, 1.54) is 6.07 Å². The molecule has 0 radical (unpaired) electrons. The molecule has 5 heteroatoms. The van der Waals surface area contributed by atoms with Gasteiger partial charge in [-0.1, -0.05) is 11.6 Å².